The molecule has 0 atom stereocenters. The smallest absolute Gasteiger partial charge is 0.335 e. The lowest BCUT2D eigenvalue weighted by molar-refractivity contribution is -0.130. The molecule has 0 spiro atoms. The molecule has 3 aromatic rings. The van der Waals surface area contributed by atoms with Crippen LogP contribution in [-0.4, -0.2) is 23.3 Å². The van der Waals surface area contributed by atoms with Crippen molar-refractivity contribution >= 4 is 22.3 Å². The molecule has 3 aromatic carbocycles. The van der Waals surface area contributed by atoms with E-state index in [4.69, 9.17) is 4.74 Å². The Morgan fingerprint density at radius 3 is 2.48 bits per heavy atom. The third kappa shape index (κ3) is 3.65. The summed E-state index contributed by atoms with van der Waals surface area (Å²) in [7, 11) is 1.47. The van der Waals surface area contributed by atoms with E-state index in [1.165, 1.54) is 7.11 Å². The van der Waals surface area contributed by atoms with Crippen LogP contribution in [0.5, 0.6) is 11.5 Å². The predicted molar refractivity (Wildman–Crippen MR) is 107 cm³/mol. The number of carboxylic acids is 1. The number of allylic oxidation sites excluding steroid dienone is 1. The van der Waals surface area contributed by atoms with Gasteiger partial charge in [-0.05, 0) is 35.4 Å². The van der Waals surface area contributed by atoms with Gasteiger partial charge >= 0.3 is 5.97 Å². The summed E-state index contributed by atoms with van der Waals surface area (Å²) in [5.74, 6) is -0.704. The van der Waals surface area contributed by atoms with Crippen molar-refractivity contribution in [2.45, 2.75) is 19.8 Å². The maximum atomic E-state index is 11.8. The minimum absolute atomic E-state index is 0.0315. The highest BCUT2D eigenvalue weighted by Crippen LogP contribution is 2.41. The number of phenols is 1. The van der Waals surface area contributed by atoms with Gasteiger partial charge in [0, 0.05) is 10.9 Å². The number of hydrogen-bond acceptors (Lipinski definition) is 3. The second kappa shape index (κ2) is 7.96. The molecule has 4 heteroatoms. The van der Waals surface area contributed by atoms with Crippen LogP contribution in [0.25, 0.3) is 16.3 Å². The van der Waals surface area contributed by atoms with Crippen LogP contribution in [0.4, 0.5) is 0 Å². The molecule has 0 saturated heterocycles. The Kier molecular flexibility index (Phi) is 5.46. The van der Waals surface area contributed by atoms with Crippen LogP contribution in [0.15, 0.2) is 60.7 Å². The van der Waals surface area contributed by atoms with Gasteiger partial charge in [-0.1, -0.05) is 61.5 Å². The number of carboxylic acid groups (broad SMARTS) is 1. The monoisotopic (exact) mass is 362 g/mol. The first-order valence-corrected chi connectivity index (χ1v) is 8.86. The minimum Gasteiger partial charge on any atom is -0.504 e. The van der Waals surface area contributed by atoms with E-state index >= 15 is 0 Å². The SMILES string of the molecule is CCC=C(C(=O)O)c1cc(OC)c(O)c2c(Cc3ccccc3)cccc12. The molecule has 4 nitrogen and oxygen atoms in total. The Morgan fingerprint density at radius 1 is 1.11 bits per heavy atom. The first-order chi connectivity index (χ1) is 13.1. The van der Waals surface area contributed by atoms with Gasteiger partial charge in [0.15, 0.2) is 11.5 Å². The Morgan fingerprint density at radius 2 is 1.85 bits per heavy atom. The molecule has 0 aliphatic carbocycles. The summed E-state index contributed by atoms with van der Waals surface area (Å²) in [4.78, 5) is 11.8. The summed E-state index contributed by atoms with van der Waals surface area (Å²) in [6.07, 6.45) is 2.89. The number of carbonyl (C=O) groups is 1. The third-order valence-corrected chi connectivity index (χ3v) is 4.57. The molecule has 0 saturated carbocycles. The van der Waals surface area contributed by atoms with Gasteiger partial charge in [-0.3, -0.25) is 0 Å². The number of phenolic OH excluding ortho intramolecular Hbond substituents is 1. The molecule has 138 valence electrons. The highest BCUT2D eigenvalue weighted by atomic mass is 16.5. The van der Waals surface area contributed by atoms with Crippen molar-refractivity contribution in [3.8, 4) is 11.5 Å². The van der Waals surface area contributed by atoms with Crippen molar-refractivity contribution < 1.29 is 19.7 Å². The summed E-state index contributed by atoms with van der Waals surface area (Å²) < 4.78 is 5.34. The van der Waals surface area contributed by atoms with Gasteiger partial charge < -0.3 is 14.9 Å². The van der Waals surface area contributed by atoms with Crippen LogP contribution in [-0.2, 0) is 11.2 Å². The second-order valence-electron chi connectivity index (χ2n) is 6.31. The molecule has 0 unspecified atom stereocenters. The largest absolute Gasteiger partial charge is 0.504 e. The maximum absolute atomic E-state index is 11.8. The van der Waals surface area contributed by atoms with Gasteiger partial charge in [0.05, 0.1) is 12.7 Å². The molecule has 0 heterocycles. The molecule has 3 rings (SSSR count). The lowest BCUT2D eigenvalue weighted by Gasteiger charge is -2.16. The number of hydrogen-bond donors (Lipinski definition) is 2. The van der Waals surface area contributed by atoms with E-state index in [1.54, 1.807) is 12.1 Å². The third-order valence-electron chi connectivity index (χ3n) is 4.57. The summed E-state index contributed by atoms with van der Waals surface area (Å²) in [5, 5.41) is 21.8. The zero-order valence-corrected chi connectivity index (χ0v) is 15.4. The zero-order valence-electron chi connectivity index (χ0n) is 15.4. The first-order valence-electron chi connectivity index (χ1n) is 8.86. The Bertz CT molecular complexity index is 1000. The highest BCUT2D eigenvalue weighted by Gasteiger charge is 2.20. The normalized spacial score (nSPS) is 11.6. The maximum Gasteiger partial charge on any atom is 0.335 e. The van der Waals surface area contributed by atoms with Crippen molar-refractivity contribution in [1.82, 2.24) is 0 Å². The zero-order chi connectivity index (χ0) is 19.4. The molecule has 0 aliphatic rings. The van der Waals surface area contributed by atoms with Gasteiger partial charge in [0.2, 0.25) is 0 Å². The van der Waals surface area contributed by atoms with Crippen LogP contribution >= 0.6 is 0 Å². The van der Waals surface area contributed by atoms with Gasteiger partial charge in [-0.15, -0.1) is 0 Å². The molecule has 0 fully saturated rings. The molecule has 0 aromatic heterocycles. The van der Waals surface area contributed by atoms with E-state index in [2.05, 4.69) is 0 Å². The Balaban J connectivity index is 2.30. The average Bonchev–Trinajstić information content (AvgIpc) is 2.67. The number of methoxy groups -OCH3 is 1. The van der Waals surface area contributed by atoms with Gasteiger partial charge in [0.25, 0.3) is 0 Å². The van der Waals surface area contributed by atoms with Gasteiger partial charge in [0.1, 0.15) is 0 Å². The van der Waals surface area contributed by atoms with E-state index in [9.17, 15) is 15.0 Å². The predicted octanol–water partition coefficient (Wildman–Crippen LogP) is 5.02. The van der Waals surface area contributed by atoms with Crippen molar-refractivity contribution in [1.29, 1.82) is 0 Å². The fraction of sp³-hybridized carbons (Fsp3) is 0.174. The molecule has 27 heavy (non-hydrogen) atoms. The van der Waals surface area contributed by atoms with Gasteiger partial charge in [-0.2, -0.15) is 0 Å². The van der Waals surface area contributed by atoms with Crippen LogP contribution in [0.3, 0.4) is 0 Å². The number of rotatable bonds is 6. The van der Waals surface area contributed by atoms with E-state index in [1.807, 2.05) is 55.5 Å². The Hall–Kier alpha value is -3.27. The molecule has 0 radical (unpaired) electrons. The van der Waals surface area contributed by atoms with E-state index in [0.717, 1.165) is 11.1 Å². The number of fused-ring (bicyclic) bond motifs is 1. The van der Waals surface area contributed by atoms with Crippen LogP contribution in [0.1, 0.15) is 30.0 Å². The summed E-state index contributed by atoms with van der Waals surface area (Å²) >= 11 is 0. The quantitative estimate of drug-likeness (QED) is 0.604. The number of aromatic hydroxyl groups is 1. The lowest BCUT2D eigenvalue weighted by Crippen LogP contribution is -2.02. The van der Waals surface area contributed by atoms with Crippen LogP contribution in [0, 0.1) is 0 Å². The van der Waals surface area contributed by atoms with E-state index in [-0.39, 0.29) is 17.1 Å². The molecule has 0 aliphatic heterocycles. The van der Waals surface area contributed by atoms with Crippen molar-refractivity contribution in [2.24, 2.45) is 0 Å². The number of ether oxygens (including phenoxy) is 1. The lowest BCUT2D eigenvalue weighted by atomic mass is 9.91. The molecular weight excluding hydrogens is 340 g/mol. The molecule has 2 N–H and O–H groups in total. The fourth-order valence-corrected chi connectivity index (χ4v) is 3.36. The molecule has 0 amide bonds. The van der Waals surface area contributed by atoms with E-state index in [0.29, 0.717) is 29.2 Å². The number of benzene rings is 3. The summed E-state index contributed by atoms with van der Waals surface area (Å²) in [6, 6.07) is 17.2. The highest BCUT2D eigenvalue weighted by molar-refractivity contribution is 6.20. The molecule has 0 bridgehead atoms. The van der Waals surface area contributed by atoms with Crippen molar-refractivity contribution in [3.63, 3.8) is 0 Å². The fourth-order valence-electron chi connectivity index (χ4n) is 3.36. The number of aliphatic carboxylic acids is 1. The Labute approximate surface area is 158 Å². The van der Waals surface area contributed by atoms with Crippen LogP contribution in [0.2, 0.25) is 0 Å². The minimum atomic E-state index is -1.00. The standard InChI is InChI=1S/C23H22O4/c1-3-8-18(23(25)26)19-14-20(27-2)22(24)21-16(11-7-12-17(19)21)13-15-9-5-4-6-10-15/h4-12,14,24H,3,13H2,1-2H3,(H,25,26). The van der Waals surface area contributed by atoms with Crippen LogP contribution < -0.4 is 4.74 Å². The summed E-state index contributed by atoms with van der Waals surface area (Å²) in [6.45, 7) is 1.89. The topological polar surface area (TPSA) is 66.8 Å². The second-order valence-corrected chi connectivity index (χ2v) is 6.31. The van der Waals surface area contributed by atoms with Crippen molar-refractivity contribution in [3.05, 3.63) is 77.4 Å². The van der Waals surface area contributed by atoms with E-state index < -0.39 is 5.97 Å². The summed E-state index contributed by atoms with van der Waals surface area (Å²) in [5.41, 5.74) is 2.77. The average molecular weight is 362 g/mol. The molecular formula is C23H22O4. The van der Waals surface area contributed by atoms with Gasteiger partial charge in [-0.25, -0.2) is 4.79 Å². The van der Waals surface area contributed by atoms with Crippen molar-refractivity contribution in [2.75, 3.05) is 7.11 Å². The first kappa shape index (κ1) is 18.5.